The summed E-state index contributed by atoms with van der Waals surface area (Å²) in [6.45, 7) is 1.99. The quantitative estimate of drug-likeness (QED) is 0.683. The molecule has 0 aliphatic carbocycles. The van der Waals surface area contributed by atoms with Crippen molar-refractivity contribution in [1.29, 1.82) is 0 Å². The molecule has 1 aliphatic rings. The first kappa shape index (κ1) is 8.29. The van der Waals surface area contributed by atoms with Gasteiger partial charge in [-0.05, 0) is 19.3 Å². The highest BCUT2D eigenvalue weighted by Gasteiger charge is 2.11. The number of nitrogens with one attached hydrogen (secondary N) is 1. The summed E-state index contributed by atoms with van der Waals surface area (Å²) in [6, 6.07) is 2.46. The van der Waals surface area contributed by atoms with Crippen molar-refractivity contribution in [3.05, 3.63) is 22.6 Å². The van der Waals surface area contributed by atoms with Crippen molar-refractivity contribution in [2.75, 3.05) is 18.0 Å². The first-order valence-electron chi connectivity index (χ1n) is 4.58. The van der Waals surface area contributed by atoms with Crippen molar-refractivity contribution in [2.24, 2.45) is 0 Å². The second kappa shape index (κ2) is 3.60. The Bertz CT molecular complexity index is 328. The van der Waals surface area contributed by atoms with Crippen LogP contribution >= 0.6 is 0 Å². The highest BCUT2D eigenvalue weighted by atomic mass is 16.1. The van der Waals surface area contributed by atoms with Crippen molar-refractivity contribution in [2.45, 2.75) is 19.3 Å². The lowest BCUT2D eigenvalue weighted by Gasteiger charge is -2.26. The number of piperidine rings is 1. The van der Waals surface area contributed by atoms with E-state index in [-0.39, 0.29) is 5.56 Å². The molecular formula is C9H12N3O. The van der Waals surface area contributed by atoms with Crippen molar-refractivity contribution >= 4 is 5.95 Å². The molecule has 4 nitrogen and oxygen atoms in total. The second-order valence-electron chi connectivity index (χ2n) is 3.23. The number of H-pyrrole nitrogens is 1. The lowest BCUT2D eigenvalue weighted by atomic mass is 10.1. The van der Waals surface area contributed by atoms with E-state index in [1.807, 2.05) is 0 Å². The SMILES string of the molecule is O=c1[c]cnc(N2CCCCC2)[nH]1. The fraction of sp³-hybridized carbons (Fsp3) is 0.556. The Morgan fingerprint density at radius 3 is 2.85 bits per heavy atom. The lowest BCUT2D eigenvalue weighted by Crippen LogP contribution is -2.32. The molecule has 0 atom stereocenters. The molecule has 1 N–H and O–H groups in total. The summed E-state index contributed by atoms with van der Waals surface area (Å²) in [5.74, 6) is 0.684. The largest absolute Gasteiger partial charge is 0.342 e. The first-order chi connectivity index (χ1) is 6.36. The number of hydrogen-bond acceptors (Lipinski definition) is 3. The standard InChI is InChI=1S/C9H12N3O/c13-8-4-5-10-9(11-8)12-6-2-1-3-7-12/h5H,1-3,6-7H2,(H,10,11,13). The molecule has 1 aromatic heterocycles. The summed E-state index contributed by atoms with van der Waals surface area (Å²) < 4.78 is 0. The maximum atomic E-state index is 11.0. The molecule has 2 rings (SSSR count). The highest BCUT2D eigenvalue weighted by Crippen LogP contribution is 2.12. The van der Waals surface area contributed by atoms with E-state index in [0.29, 0.717) is 5.95 Å². The summed E-state index contributed by atoms with van der Waals surface area (Å²) in [6.07, 6.45) is 5.08. The van der Waals surface area contributed by atoms with Gasteiger partial charge in [-0.25, -0.2) is 4.98 Å². The fourth-order valence-electron chi connectivity index (χ4n) is 1.59. The van der Waals surface area contributed by atoms with Gasteiger partial charge in [-0.15, -0.1) is 0 Å². The Morgan fingerprint density at radius 1 is 1.38 bits per heavy atom. The van der Waals surface area contributed by atoms with Gasteiger partial charge in [0.1, 0.15) is 0 Å². The third-order valence-corrected chi connectivity index (χ3v) is 2.26. The Hall–Kier alpha value is -1.32. The van der Waals surface area contributed by atoms with Crippen LogP contribution < -0.4 is 10.5 Å². The summed E-state index contributed by atoms with van der Waals surface area (Å²) >= 11 is 0. The van der Waals surface area contributed by atoms with E-state index >= 15 is 0 Å². The van der Waals surface area contributed by atoms with Gasteiger partial charge in [-0.3, -0.25) is 9.78 Å². The zero-order valence-corrected chi connectivity index (χ0v) is 7.42. The Kier molecular flexibility index (Phi) is 2.29. The summed E-state index contributed by atoms with van der Waals surface area (Å²) in [5.41, 5.74) is -0.199. The molecule has 1 fully saturated rings. The number of anilines is 1. The van der Waals surface area contributed by atoms with Crippen LogP contribution in [0.2, 0.25) is 0 Å². The van der Waals surface area contributed by atoms with E-state index in [0.717, 1.165) is 13.1 Å². The molecule has 1 aliphatic heterocycles. The van der Waals surface area contributed by atoms with Gasteiger partial charge in [-0.2, -0.15) is 0 Å². The van der Waals surface area contributed by atoms with Crippen LogP contribution in [-0.2, 0) is 0 Å². The minimum absolute atomic E-state index is 0.199. The van der Waals surface area contributed by atoms with Crippen LogP contribution in [0.4, 0.5) is 5.95 Å². The summed E-state index contributed by atoms with van der Waals surface area (Å²) in [4.78, 5) is 19.8. The van der Waals surface area contributed by atoms with Crippen LogP contribution in [0.3, 0.4) is 0 Å². The van der Waals surface area contributed by atoms with E-state index in [2.05, 4.69) is 20.9 Å². The second-order valence-corrected chi connectivity index (χ2v) is 3.23. The first-order valence-corrected chi connectivity index (χ1v) is 4.58. The van der Waals surface area contributed by atoms with E-state index in [1.54, 1.807) is 0 Å². The van der Waals surface area contributed by atoms with Gasteiger partial charge in [-0.1, -0.05) is 0 Å². The summed E-state index contributed by atoms with van der Waals surface area (Å²) in [5, 5.41) is 0. The van der Waals surface area contributed by atoms with E-state index in [1.165, 1.54) is 25.5 Å². The zero-order chi connectivity index (χ0) is 9.10. The molecule has 1 radical (unpaired) electrons. The molecule has 0 unspecified atom stereocenters. The fourth-order valence-corrected chi connectivity index (χ4v) is 1.59. The van der Waals surface area contributed by atoms with Gasteiger partial charge < -0.3 is 4.90 Å². The van der Waals surface area contributed by atoms with Gasteiger partial charge in [0.15, 0.2) is 0 Å². The highest BCUT2D eigenvalue weighted by molar-refractivity contribution is 5.28. The van der Waals surface area contributed by atoms with Gasteiger partial charge in [0, 0.05) is 19.3 Å². The molecule has 0 spiro atoms. The van der Waals surface area contributed by atoms with E-state index in [4.69, 9.17) is 0 Å². The van der Waals surface area contributed by atoms with Crippen LogP contribution in [-0.4, -0.2) is 23.1 Å². The van der Waals surface area contributed by atoms with Crippen LogP contribution in [0.5, 0.6) is 0 Å². The molecule has 0 aromatic carbocycles. The molecule has 1 aromatic rings. The Balaban J connectivity index is 2.19. The maximum absolute atomic E-state index is 11.0. The molecule has 1 saturated heterocycles. The number of aromatic amines is 1. The topological polar surface area (TPSA) is 49.0 Å². The molecule has 0 bridgehead atoms. The van der Waals surface area contributed by atoms with E-state index in [9.17, 15) is 4.79 Å². The molecule has 2 heterocycles. The smallest absolute Gasteiger partial charge is 0.260 e. The minimum atomic E-state index is -0.199. The van der Waals surface area contributed by atoms with Crippen LogP contribution in [0.15, 0.2) is 11.0 Å². The Morgan fingerprint density at radius 2 is 2.15 bits per heavy atom. The van der Waals surface area contributed by atoms with Gasteiger partial charge in [0.2, 0.25) is 5.95 Å². The van der Waals surface area contributed by atoms with Crippen LogP contribution in [0, 0.1) is 6.07 Å². The van der Waals surface area contributed by atoms with Gasteiger partial charge in [0.25, 0.3) is 5.56 Å². The minimum Gasteiger partial charge on any atom is -0.342 e. The van der Waals surface area contributed by atoms with Crippen LogP contribution in [0.25, 0.3) is 0 Å². The summed E-state index contributed by atoms with van der Waals surface area (Å²) in [7, 11) is 0. The Labute approximate surface area is 76.6 Å². The van der Waals surface area contributed by atoms with E-state index < -0.39 is 0 Å². The average molecular weight is 178 g/mol. The third-order valence-electron chi connectivity index (χ3n) is 2.26. The van der Waals surface area contributed by atoms with Crippen molar-refractivity contribution < 1.29 is 0 Å². The average Bonchev–Trinajstić information content (AvgIpc) is 2.19. The van der Waals surface area contributed by atoms with Gasteiger partial charge in [0.05, 0.1) is 6.07 Å². The normalized spacial score (nSPS) is 17.4. The number of aromatic nitrogens is 2. The molecular weight excluding hydrogens is 166 g/mol. The molecule has 4 heteroatoms. The van der Waals surface area contributed by atoms with Crippen molar-refractivity contribution in [3.63, 3.8) is 0 Å². The lowest BCUT2D eigenvalue weighted by molar-refractivity contribution is 0.567. The maximum Gasteiger partial charge on any atom is 0.260 e. The van der Waals surface area contributed by atoms with Gasteiger partial charge >= 0.3 is 0 Å². The number of nitrogens with zero attached hydrogens (tertiary/aromatic N) is 2. The molecule has 13 heavy (non-hydrogen) atoms. The zero-order valence-electron chi connectivity index (χ0n) is 7.42. The third kappa shape index (κ3) is 1.88. The monoisotopic (exact) mass is 178 g/mol. The van der Waals surface area contributed by atoms with Crippen molar-refractivity contribution in [1.82, 2.24) is 9.97 Å². The number of rotatable bonds is 1. The number of hydrogen-bond donors (Lipinski definition) is 1. The van der Waals surface area contributed by atoms with Crippen LogP contribution in [0.1, 0.15) is 19.3 Å². The molecule has 0 amide bonds. The van der Waals surface area contributed by atoms with Crippen molar-refractivity contribution in [3.8, 4) is 0 Å². The predicted octanol–water partition coefficient (Wildman–Crippen LogP) is 0.560. The molecule has 0 saturated carbocycles. The molecule has 69 valence electrons. The predicted molar refractivity (Wildman–Crippen MR) is 49.8 cm³/mol.